The number of urea groups is 1. The number of hydrogen-bond acceptors (Lipinski definition) is 6. The molecule has 2 aliphatic heterocycles. The van der Waals surface area contributed by atoms with Crippen molar-refractivity contribution in [2.24, 2.45) is 0 Å². The standard InChI is InChI=1S/C16H16N2O6/c1-4-22-11-7-13-12(23-8-24-13)6-9(11)5-10-14(19)17(2)16(21)18(3)15(10)20/h5-7H,4,8H2,1-3H3. The van der Waals surface area contributed by atoms with E-state index in [2.05, 4.69) is 0 Å². The van der Waals surface area contributed by atoms with Gasteiger partial charge in [-0.2, -0.15) is 0 Å². The second-order valence-electron chi connectivity index (χ2n) is 5.25. The summed E-state index contributed by atoms with van der Waals surface area (Å²) in [6, 6.07) is 2.61. The predicted molar refractivity (Wildman–Crippen MR) is 82.6 cm³/mol. The van der Waals surface area contributed by atoms with Crippen molar-refractivity contribution in [1.82, 2.24) is 9.80 Å². The lowest BCUT2D eigenvalue weighted by atomic mass is 10.1. The van der Waals surface area contributed by atoms with Crippen molar-refractivity contribution >= 4 is 23.9 Å². The largest absolute Gasteiger partial charge is 0.493 e. The van der Waals surface area contributed by atoms with Crippen molar-refractivity contribution in [3.63, 3.8) is 0 Å². The second-order valence-corrected chi connectivity index (χ2v) is 5.25. The molecule has 0 saturated carbocycles. The van der Waals surface area contributed by atoms with Gasteiger partial charge in [-0.1, -0.05) is 0 Å². The molecule has 4 amide bonds. The summed E-state index contributed by atoms with van der Waals surface area (Å²) in [5.41, 5.74) is 0.369. The quantitative estimate of drug-likeness (QED) is 0.612. The lowest BCUT2D eigenvalue weighted by molar-refractivity contribution is -0.134. The lowest BCUT2D eigenvalue weighted by Crippen LogP contribution is -2.52. The van der Waals surface area contributed by atoms with E-state index in [0.29, 0.717) is 29.4 Å². The van der Waals surface area contributed by atoms with Gasteiger partial charge in [-0.25, -0.2) is 4.79 Å². The number of carbonyl (C=O) groups is 3. The van der Waals surface area contributed by atoms with Crippen LogP contribution >= 0.6 is 0 Å². The molecule has 1 saturated heterocycles. The number of likely N-dealkylation sites (N-methyl/N-ethyl adjacent to an activating group) is 2. The minimum atomic E-state index is -0.669. The summed E-state index contributed by atoms with van der Waals surface area (Å²) in [7, 11) is 2.65. The zero-order valence-electron chi connectivity index (χ0n) is 13.5. The third kappa shape index (κ3) is 2.45. The molecule has 0 bridgehead atoms. The number of fused-ring (bicyclic) bond motifs is 1. The van der Waals surface area contributed by atoms with Crippen molar-refractivity contribution < 1.29 is 28.6 Å². The number of ether oxygens (including phenoxy) is 3. The van der Waals surface area contributed by atoms with Crippen LogP contribution in [0.1, 0.15) is 12.5 Å². The van der Waals surface area contributed by atoms with E-state index < -0.39 is 17.8 Å². The molecule has 2 heterocycles. The highest BCUT2D eigenvalue weighted by atomic mass is 16.7. The fourth-order valence-corrected chi connectivity index (χ4v) is 2.46. The van der Waals surface area contributed by atoms with Gasteiger partial charge < -0.3 is 14.2 Å². The Morgan fingerprint density at radius 3 is 2.25 bits per heavy atom. The van der Waals surface area contributed by atoms with Crippen LogP contribution in [0.5, 0.6) is 17.2 Å². The molecule has 24 heavy (non-hydrogen) atoms. The molecule has 0 aliphatic carbocycles. The Labute approximate surface area is 138 Å². The molecule has 1 aromatic rings. The zero-order chi connectivity index (χ0) is 17.4. The highest BCUT2D eigenvalue weighted by Crippen LogP contribution is 2.39. The van der Waals surface area contributed by atoms with Gasteiger partial charge in [0, 0.05) is 25.7 Å². The Morgan fingerprint density at radius 1 is 1.08 bits per heavy atom. The molecule has 8 heteroatoms. The van der Waals surface area contributed by atoms with Crippen molar-refractivity contribution in [1.29, 1.82) is 0 Å². The minimum absolute atomic E-state index is 0.0960. The summed E-state index contributed by atoms with van der Waals surface area (Å²) in [5, 5.41) is 0. The number of amides is 4. The fourth-order valence-electron chi connectivity index (χ4n) is 2.46. The minimum Gasteiger partial charge on any atom is -0.493 e. The van der Waals surface area contributed by atoms with E-state index in [4.69, 9.17) is 14.2 Å². The first-order valence-corrected chi connectivity index (χ1v) is 7.32. The van der Waals surface area contributed by atoms with Crippen LogP contribution in [0.15, 0.2) is 17.7 Å². The van der Waals surface area contributed by atoms with E-state index in [1.807, 2.05) is 6.92 Å². The molecule has 1 fully saturated rings. The number of hydrogen-bond donors (Lipinski definition) is 0. The number of barbiturate groups is 1. The number of imide groups is 2. The molecular formula is C16H16N2O6. The summed E-state index contributed by atoms with van der Waals surface area (Å²) in [6.07, 6.45) is 1.40. The Hall–Kier alpha value is -3.03. The molecule has 3 rings (SSSR count). The summed E-state index contributed by atoms with van der Waals surface area (Å²) < 4.78 is 16.2. The van der Waals surface area contributed by atoms with Crippen LogP contribution in [0.2, 0.25) is 0 Å². The van der Waals surface area contributed by atoms with Crippen molar-refractivity contribution in [2.75, 3.05) is 27.5 Å². The average molecular weight is 332 g/mol. The van der Waals surface area contributed by atoms with Crippen LogP contribution in [-0.4, -0.2) is 55.1 Å². The highest BCUT2D eigenvalue weighted by molar-refractivity contribution is 6.30. The van der Waals surface area contributed by atoms with E-state index >= 15 is 0 Å². The molecule has 2 aliphatic rings. The first-order chi connectivity index (χ1) is 11.4. The van der Waals surface area contributed by atoms with Gasteiger partial charge in [0.25, 0.3) is 11.8 Å². The van der Waals surface area contributed by atoms with Gasteiger partial charge in [0.05, 0.1) is 6.61 Å². The number of nitrogens with zero attached hydrogens (tertiary/aromatic N) is 2. The van der Waals surface area contributed by atoms with E-state index in [9.17, 15) is 14.4 Å². The molecule has 0 aromatic heterocycles. The van der Waals surface area contributed by atoms with Gasteiger partial charge in [-0.15, -0.1) is 0 Å². The lowest BCUT2D eigenvalue weighted by Gasteiger charge is -2.29. The Balaban J connectivity index is 2.08. The maximum atomic E-state index is 12.3. The molecule has 0 unspecified atom stereocenters. The molecule has 0 spiro atoms. The van der Waals surface area contributed by atoms with E-state index in [0.717, 1.165) is 9.80 Å². The van der Waals surface area contributed by atoms with Crippen LogP contribution in [0.4, 0.5) is 4.79 Å². The van der Waals surface area contributed by atoms with Gasteiger partial charge >= 0.3 is 6.03 Å². The van der Waals surface area contributed by atoms with Gasteiger partial charge in [-0.3, -0.25) is 19.4 Å². The third-order valence-electron chi connectivity index (χ3n) is 3.75. The van der Waals surface area contributed by atoms with Crippen LogP contribution < -0.4 is 14.2 Å². The zero-order valence-corrected chi connectivity index (χ0v) is 13.5. The first kappa shape index (κ1) is 15.9. The molecule has 1 aromatic carbocycles. The molecule has 0 atom stereocenters. The van der Waals surface area contributed by atoms with Gasteiger partial charge in [0.1, 0.15) is 11.3 Å². The topological polar surface area (TPSA) is 85.4 Å². The Bertz CT molecular complexity index is 744. The van der Waals surface area contributed by atoms with Crippen molar-refractivity contribution in [3.8, 4) is 17.2 Å². The average Bonchev–Trinajstić information content (AvgIpc) is 3.02. The Morgan fingerprint density at radius 2 is 1.67 bits per heavy atom. The van der Waals surface area contributed by atoms with E-state index in [1.54, 1.807) is 12.1 Å². The summed E-state index contributed by atoms with van der Waals surface area (Å²) in [4.78, 5) is 38.2. The fraction of sp³-hybridized carbons (Fsp3) is 0.312. The number of benzene rings is 1. The van der Waals surface area contributed by atoms with Crippen LogP contribution in [0.3, 0.4) is 0 Å². The number of carbonyl (C=O) groups excluding carboxylic acids is 3. The van der Waals surface area contributed by atoms with Crippen LogP contribution in [0, 0.1) is 0 Å². The van der Waals surface area contributed by atoms with Gasteiger partial charge in [0.15, 0.2) is 11.5 Å². The summed E-state index contributed by atoms with van der Waals surface area (Å²) >= 11 is 0. The maximum absolute atomic E-state index is 12.3. The van der Waals surface area contributed by atoms with Gasteiger partial charge in [0.2, 0.25) is 6.79 Å². The number of rotatable bonds is 3. The normalized spacial score (nSPS) is 16.8. The van der Waals surface area contributed by atoms with Gasteiger partial charge in [-0.05, 0) is 19.1 Å². The van der Waals surface area contributed by atoms with Crippen LogP contribution in [-0.2, 0) is 9.59 Å². The second kappa shape index (κ2) is 5.88. The monoisotopic (exact) mass is 332 g/mol. The third-order valence-corrected chi connectivity index (χ3v) is 3.75. The molecule has 0 radical (unpaired) electrons. The Kier molecular flexibility index (Phi) is 3.88. The van der Waals surface area contributed by atoms with E-state index in [1.165, 1.54) is 20.2 Å². The smallest absolute Gasteiger partial charge is 0.333 e. The van der Waals surface area contributed by atoms with Crippen molar-refractivity contribution in [2.45, 2.75) is 6.92 Å². The molecule has 0 N–H and O–H groups in total. The summed E-state index contributed by atoms with van der Waals surface area (Å²) in [5.74, 6) is 0.161. The van der Waals surface area contributed by atoms with E-state index in [-0.39, 0.29) is 12.4 Å². The summed E-state index contributed by atoms with van der Waals surface area (Å²) in [6.45, 7) is 2.31. The van der Waals surface area contributed by atoms with Crippen molar-refractivity contribution in [3.05, 3.63) is 23.3 Å². The molecule has 126 valence electrons. The molecule has 8 nitrogen and oxygen atoms in total. The molecular weight excluding hydrogens is 316 g/mol. The SMILES string of the molecule is CCOc1cc2c(cc1C=C1C(=O)N(C)C(=O)N(C)C1=O)OCO2. The predicted octanol–water partition coefficient (Wildman–Crippen LogP) is 1.25. The van der Waals surface area contributed by atoms with Crippen LogP contribution in [0.25, 0.3) is 6.08 Å². The maximum Gasteiger partial charge on any atom is 0.333 e. The highest BCUT2D eigenvalue weighted by Gasteiger charge is 2.38. The first-order valence-electron chi connectivity index (χ1n) is 7.32.